The lowest BCUT2D eigenvalue weighted by molar-refractivity contribution is 0.229. The second-order valence-corrected chi connectivity index (χ2v) is 5.69. The van der Waals surface area contributed by atoms with Crippen molar-refractivity contribution in [2.24, 2.45) is 5.41 Å². The average Bonchev–Trinajstić information content (AvgIpc) is 2.71. The van der Waals surface area contributed by atoms with Gasteiger partial charge in [0.05, 0.1) is 0 Å². The molecule has 0 bridgehead atoms. The monoisotopic (exact) mass is 316 g/mol. The van der Waals surface area contributed by atoms with Gasteiger partial charge in [-0.15, -0.1) is 0 Å². The number of nitrogens with zero attached hydrogens (tertiary/aromatic N) is 2. The topological polar surface area (TPSA) is 26.9 Å². The van der Waals surface area contributed by atoms with E-state index in [4.69, 9.17) is 0 Å². The summed E-state index contributed by atoms with van der Waals surface area (Å²) in [5, 5.41) is 0.964. The van der Waals surface area contributed by atoms with Gasteiger partial charge in [0.1, 0.15) is 0 Å². The molecule has 18 heavy (non-hydrogen) atoms. The summed E-state index contributed by atoms with van der Waals surface area (Å²) in [4.78, 5) is 12.1. The lowest BCUT2D eigenvalue weighted by atomic mass is 9.81. The van der Waals surface area contributed by atoms with Crippen molar-refractivity contribution in [1.82, 2.24) is 9.13 Å². The third kappa shape index (κ3) is 3.50. The molecule has 4 heteroatoms. The molecule has 0 fully saturated rings. The Morgan fingerprint density at radius 2 is 1.67 bits per heavy atom. The third-order valence-electron chi connectivity index (χ3n) is 3.61. The molecule has 0 amide bonds. The highest BCUT2D eigenvalue weighted by atomic mass is 79.9. The van der Waals surface area contributed by atoms with Crippen LogP contribution in [0.2, 0.25) is 0 Å². The SMILES string of the molecule is CCCC(CBr)(CCC)Cn1ccn(CC)c1=O. The molecule has 104 valence electrons. The predicted molar refractivity (Wildman–Crippen MR) is 80.4 cm³/mol. The number of aromatic nitrogens is 2. The highest BCUT2D eigenvalue weighted by molar-refractivity contribution is 9.09. The van der Waals surface area contributed by atoms with Gasteiger partial charge in [0.25, 0.3) is 0 Å². The van der Waals surface area contributed by atoms with Crippen LogP contribution in [0.15, 0.2) is 17.2 Å². The maximum Gasteiger partial charge on any atom is 0.328 e. The molecule has 1 aromatic rings. The van der Waals surface area contributed by atoms with Gasteiger partial charge in [-0.3, -0.25) is 9.13 Å². The van der Waals surface area contributed by atoms with Gasteiger partial charge >= 0.3 is 5.69 Å². The van der Waals surface area contributed by atoms with Crippen LogP contribution >= 0.6 is 15.9 Å². The van der Waals surface area contributed by atoms with Crippen LogP contribution in [0.25, 0.3) is 0 Å². The number of alkyl halides is 1. The Kier molecular flexibility index (Phi) is 6.19. The van der Waals surface area contributed by atoms with Gasteiger partial charge in [0.2, 0.25) is 0 Å². The number of halogens is 1. The summed E-state index contributed by atoms with van der Waals surface area (Å²) in [5.41, 5.74) is 0.336. The van der Waals surface area contributed by atoms with Crippen molar-refractivity contribution < 1.29 is 0 Å². The van der Waals surface area contributed by atoms with Crippen LogP contribution in [0, 0.1) is 5.41 Å². The van der Waals surface area contributed by atoms with Crippen LogP contribution in [-0.2, 0) is 13.1 Å². The molecule has 0 aliphatic heterocycles. The first kappa shape index (κ1) is 15.5. The van der Waals surface area contributed by atoms with E-state index in [2.05, 4.69) is 29.8 Å². The quantitative estimate of drug-likeness (QED) is 0.672. The fourth-order valence-corrected chi connectivity index (χ4v) is 3.43. The molecular weight excluding hydrogens is 292 g/mol. The molecule has 0 atom stereocenters. The summed E-state index contributed by atoms with van der Waals surface area (Å²) in [6.45, 7) is 8.00. The van der Waals surface area contributed by atoms with Gasteiger partial charge in [-0.05, 0) is 25.2 Å². The molecule has 0 aromatic carbocycles. The first-order chi connectivity index (χ1) is 8.62. The van der Waals surface area contributed by atoms with Gasteiger partial charge in [0, 0.05) is 30.8 Å². The van der Waals surface area contributed by atoms with Crippen LogP contribution in [0.3, 0.4) is 0 Å². The Morgan fingerprint density at radius 1 is 1.11 bits per heavy atom. The summed E-state index contributed by atoms with van der Waals surface area (Å²) < 4.78 is 3.63. The minimum atomic E-state index is 0.120. The molecule has 1 rings (SSSR count). The lowest BCUT2D eigenvalue weighted by Gasteiger charge is -2.31. The van der Waals surface area contributed by atoms with E-state index in [0.717, 1.165) is 44.1 Å². The van der Waals surface area contributed by atoms with Crippen molar-refractivity contribution in [3.05, 3.63) is 22.9 Å². The van der Waals surface area contributed by atoms with Gasteiger partial charge in [-0.2, -0.15) is 0 Å². The fraction of sp³-hybridized carbons (Fsp3) is 0.786. The van der Waals surface area contributed by atoms with Crippen LogP contribution < -0.4 is 5.69 Å². The second kappa shape index (κ2) is 7.17. The minimum Gasteiger partial charge on any atom is -0.300 e. The molecule has 3 nitrogen and oxygen atoms in total. The van der Waals surface area contributed by atoms with Crippen molar-refractivity contribution in [2.75, 3.05) is 5.33 Å². The molecule has 0 unspecified atom stereocenters. The summed E-state index contributed by atoms with van der Waals surface area (Å²) in [7, 11) is 0. The van der Waals surface area contributed by atoms with Gasteiger partial charge in [0.15, 0.2) is 0 Å². The largest absolute Gasteiger partial charge is 0.328 e. The molecule has 1 aromatic heterocycles. The van der Waals surface area contributed by atoms with Crippen molar-refractivity contribution in [3.8, 4) is 0 Å². The predicted octanol–water partition coefficient (Wildman–Crippen LogP) is 3.65. The summed E-state index contributed by atoms with van der Waals surface area (Å²) >= 11 is 3.66. The molecular formula is C14H25BrN2O. The van der Waals surface area contributed by atoms with Crippen molar-refractivity contribution >= 4 is 15.9 Å². The summed E-state index contributed by atoms with van der Waals surface area (Å²) in [5.74, 6) is 0. The smallest absolute Gasteiger partial charge is 0.300 e. The number of aryl methyl sites for hydroxylation is 1. The number of rotatable bonds is 8. The maximum atomic E-state index is 12.1. The molecule has 0 N–H and O–H groups in total. The van der Waals surface area contributed by atoms with Gasteiger partial charge < -0.3 is 0 Å². The van der Waals surface area contributed by atoms with E-state index in [0.29, 0.717) is 0 Å². The first-order valence-electron chi connectivity index (χ1n) is 6.94. The van der Waals surface area contributed by atoms with Crippen molar-refractivity contribution in [1.29, 1.82) is 0 Å². The first-order valence-corrected chi connectivity index (χ1v) is 8.06. The summed E-state index contributed by atoms with van der Waals surface area (Å²) in [6.07, 6.45) is 8.46. The molecule has 0 radical (unpaired) electrons. The Balaban J connectivity index is 2.94. The maximum absolute atomic E-state index is 12.1. The normalized spacial score (nSPS) is 12.0. The van der Waals surface area contributed by atoms with E-state index in [1.165, 1.54) is 0 Å². The Labute approximate surface area is 118 Å². The fourth-order valence-electron chi connectivity index (χ4n) is 2.70. The van der Waals surface area contributed by atoms with Crippen LogP contribution in [-0.4, -0.2) is 14.5 Å². The zero-order chi connectivity index (χ0) is 13.6. The lowest BCUT2D eigenvalue weighted by Crippen LogP contribution is -2.34. The molecule has 0 saturated heterocycles. The van der Waals surface area contributed by atoms with E-state index >= 15 is 0 Å². The van der Waals surface area contributed by atoms with Crippen LogP contribution in [0.1, 0.15) is 46.5 Å². The van der Waals surface area contributed by atoms with E-state index in [9.17, 15) is 4.79 Å². The van der Waals surface area contributed by atoms with E-state index in [1.54, 1.807) is 4.57 Å². The second-order valence-electron chi connectivity index (χ2n) is 5.13. The van der Waals surface area contributed by atoms with E-state index in [1.807, 2.05) is 23.9 Å². The van der Waals surface area contributed by atoms with E-state index in [-0.39, 0.29) is 11.1 Å². The van der Waals surface area contributed by atoms with Gasteiger partial charge in [-0.1, -0.05) is 42.6 Å². The van der Waals surface area contributed by atoms with Crippen LogP contribution in [0.4, 0.5) is 0 Å². The van der Waals surface area contributed by atoms with Crippen molar-refractivity contribution in [3.63, 3.8) is 0 Å². The molecule has 0 saturated carbocycles. The molecule has 1 heterocycles. The van der Waals surface area contributed by atoms with Gasteiger partial charge in [-0.25, -0.2) is 4.79 Å². The molecule has 0 aliphatic carbocycles. The number of hydrogen-bond acceptors (Lipinski definition) is 1. The highest BCUT2D eigenvalue weighted by Gasteiger charge is 2.28. The minimum absolute atomic E-state index is 0.120. The van der Waals surface area contributed by atoms with E-state index < -0.39 is 0 Å². The Hall–Kier alpha value is -0.510. The Bertz CT molecular complexity index is 402. The zero-order valence-electron chi connectivity index (χ0n) is 11.8. The third-order valence-corrected chi connectivity index (χ3v) is 4.80. The zero-order valence-corrected chi connectivity index (χ0v) is 13.4. The molecule has 0 aliphatic rings. The van der Waals surface area contributed by atoms with Crippen molar-refractivity contribution in [2.45, 2.75) is 59.5 Å². The standard InChI is InChI=1S/C14H25BrN2O/c1-4-7-14(11-15,8-5-2)12-17-10-9-16(6-3)13(17)18/h9-10H,4-8,11-12H2,1-3H3. The number of hydrogen-bond donors (Lipinski definition) is 0. The average molecular weight is 317 g/mol. The highest BCUT2D eigenvalue weighted by Crippen LogP contribution is 2.33. The van der Waals surface area contributed by atoms with Crippen LogP contribution in [0.5, 0.6) is 0 Å². The molecule has 0 spiro atoms. The Morgan fingerprint density at radius 3 is 2.06 bits per heavy atom. The summed E-state index contributed by atoms with van der Waals surface area (Å²) in [6, 6.07) is 0. The number of imidazole rings is 1.